The number of carbonyl (C=O) groups excluding carboxylic acids is 1. The summed E-state index contributed by atoms with van der Waals surface area (Å²) in [6.07, 6.45) is 4.14. The van der Waals surface area contributed by atoms with Gasteiger partial charge in [-0.2, -0.15) is 4.39 Å². The number of nitrogens with one attached hydrogen (secondary N) is 1. The van der Waals surface area contributed by atoms with Crippen LogP contribution in [-0.4, -0.2) is 17.4 Å². The molecule has 20 heavy (non-hydrogen) atoms. The van der Waals surface area contributed by atoms with Crippen LogP contribution in [0.2, 0.25) is 0 Å². The number of carbonyl (C=O) groups is 1. The van der Waals surface area contributed by atoms with Gasteiger partial charge in [0.15, 0.2) is 0 Å². The van der Waals surface area contributed by atoms with E-state index in [2.05, 4.69) is 5.32 Å². The van der Waals surface area contributed by atoms with E-state index in [9.17, 15) is 23.7 Å². The van der Waals surface area contributed by atoms with Crippen LogP contribution in [0.15, 0.2) is 12.1 Å². The first-order chi connectivity index (χ1) is 9.50. The van der Waals surface area contributed by atoms with Gasteiger partial charge in [-0.05, 0) is 18.4 Å². The predicted octanol–water partition coefficient (Wildman–Crippen LogP) is 2.79. The minimum atomic E-state index is -1.43. The van der Waals surface area contributed by atoms with Gasteiger partial charge in [0.2, 0.25) is 5.82 Å². The molecule has 7 heteroatoms. The predicted molar refractivity (Wildman–Crippen MR) is 67.3 cm³/mol. The molecule has 1 amide bonds. The fourth-order valence-corrected chi connectivity index (χ4v) is 2.15. The summed E-state index contributed by atoms with van der Waals surface area (Å²) in [7, 11) is 0. The molecule has 108 valence electrons. The highest BCUT2D eigenvalue weighted by Crippen LogP contribution is 2.29. The highest BCUT2D eigenvalue weighted by Gasteiger charge is 2.26. The molecule has 1 aliphatic carbocycles. The topological polar surface area (TPSA) is 72.2 Å². The molecule has 0 heterocycles. The first kappa shape index (κ1) is 14.4. The Bertz CT molecular complexity index is 545. The van der Waals surface area contributed by atoms with Gasteiger partial charge in [-0.15, -0.1) is 0 Å². The van der Waals surface area contributed by atoms with Crippen molar-refractivity contribution in [1.82, 2.24) is 5.32 Å². The van der Waals surface area contributed by atoms with Gasteiger partial charge in [0, 0.05) is 12.6 Å². The Kier molecular flexibility index (Phi) is 4.26. The Balaban J connectivity index is 2.07. The average molecular weight is 284 g/mol. The van der Waals surface area contributed by atoms with Gasteiger partial charge in [-0.3, -0.25) is 14.9 Å². The van der Waals surface area contributed by atoms with E-state index in [1.807, 2.05) is 0 Å². The fraction of sp³-hybridized carbons (Fsp3) is 0.462. The monoisotopic (exact) mass is 284 g/mol. The second-order valence-corrected chi connectivity index (χ2v) is 4.85. The second-order valence-electron chi connectivity index (χ2n) is 4.85. The number of amides is 1. The molecule has 1 N–H and O–H groups in total. The van der Waals surface area contributed by atoms with Crippen LogP contribution in [0, 0.1) is 27.7 Å². The van der Waals surface area contributed by atoms with Crippen LogP contribution < -0.4 is 5.32 Å². The van der Waals surface area contributed by atoms with Crippen LogP contribution in [0.5, 0.6) is 0 Å². The van der Waals surface area contributed by atoms with E-state index in [1.54, 1.807) is 0 Å². The standard InChI is InChI=1S/C13H14F2N2O3/c14-9-4-5-10(17(19)20)12(15)11(9)13(18)16-7-6-8-2-1-3-8/h4-5,8H,1-3,6-7H2,(H,16,18). The highest BCUT2D eigenvalue weighted by molar-refractivity contribution is 5.95. The zero-order valence-corrected chi connectivity index (χ0v) is 10.7. The molecule has 0 atom stereocenters. The molecule has 0 aliphatic heterocycles. The van der Waals surface area contributed by atoms with Crippen LogP contribution in [0.4, 0.5) is 14.5 Å². The summed E-state index contributed by atoms with van der Waals surface area (Å²) in [4.78, 5) is 21.3. The van der Waals surface area contributed by atoms with E-state index in [0.717, 1.165) is 25.3 Å². The summed E-state index contributed by atoms with van der Waals surface area (Å²) < 4.78 is 27.2. The second kappa shape index (κ2) is 5.94. The largest absolute Gasteiger partial charge is 0.352 e. The lowest BCUT2D eigenvalue weighted by Gasteiger charge is -2.25. The zero-order valence-electron chi connectivity index (χ0n) is 10.7. The summed E-state index contributed by atoms with van der Waals surface area (Å²) in [6.45, 7) is 0.311. The van der Waals surface area contributed by atoms with Crippen molar-refractivity contribution in [2.45, 2.75) is 25.7 Å². The molecular formula is C13H14F2N2O3. The Hall–Kier alpha value is -2.05. The van der Waals surface area contributed by atoms with Crippen molar-refractivity contribution >= 4 is 11.6 Å². The van der Waals surface area contributed by atoms with Crippen molar-refractivity contribution in [2.24, 2.45) is 5.92 Å². The molecule has 0 radical (unpaired) electrons. The van der Waals surface area contributed by atoms with E-state index in [4.69, 9.17) is 0 Å². The van der Waals surface area contributed by atoms with Gasteiger partial charge < -0.3 is 5.32 Å². The number of nitro groups is 1. The fourth-order valence-electron chi connectivity index (χ4n) is 2.15. The number of benzene rings is 1. The molecule has 1 aromatic carbocycles. The Morgan fingerprint density at radius 3 is 2.65 bits per heavy atom. The molecular weight excluding hydrogens is 270 g/mol. The van der Waals surface area contributed by atoms with E-state index < -0.39 is 33.7 Å². The summed E-state index contributed by atoms with van der Waals surface area (Å²) in [5, 5.41) is 13.0. The number of hydrogen-bond acceptors (Lipinski definition) is 3. The van der Waals surface area contributed by atoms with E-state index in [1.165, 1.54) is 6.42 Å². The van der Waals surface area contributed by atoms with E-state index in [0.29, 0.717) is 18.5 Å². The third-order valence-corrected chi connectivity index (χ3v) is 3.56. The first-order valence-corrected chi connectivity index (χ1v) is 6.41. The molecule has 0 saturated heterocycles. The maximum atomic E-state index is 13.8. The number of halogens is 2. The first-order valence-electron chi connectivity index (χ1n) is 6.41. The lowest BCUT2D eigenvalue weighted by molar-refractivity contribution is -0.387. The molecule has 1 aliphatic rings. The average Bonchev–Trinajstić information content (AvgIpc) is 2.31. The van der Waals surface area contributed by atoms with Gasteiger partial charge >= 0.3 is 5.69 Å². The SMILES string of the molecule is O=C(NCCC1CCC1)c1c(F)ccc([N+](=O)[O-])c1F. The molecule has 1 aromatic rings. The maximum Gasteiger partial charge on any atom is 0.305 e. The van der Waals surface area contributed by atoms with Crippen molar-refractivity contribution in [2.75, 3.05) is 6.54 Å². The molecule has 2 rings (SSSR count). The lowest BCUT2D eigenvalue weighted by Crippen LogP contribution is -2.29. The van der Waals surface area contributed by atoms with Gasteiger partial charge in [0.1, 0.15) is 11.4 Å². The molecule has 1 fully saturated rings. The Labute approximate surface area is 114 Å². The van der Waals surface area contributed by atoms with Crippen molar-refractivity contribution < 1.29 is 18.5 Å². The van der Waals surface area contributed by atoms with Crippen LogP contribution in [0.3, 0.4) is 0 Å². The van der Waals surface area contributed by atoms with Crippen molar-refractivity contribution in [3.63, 3.8) is 0 Å². The molecule has 1 saturated carbocycles. The van der Waals surface area contributed by atoms with E-state index in [-0.39, 0.29) is 0 Å². The summed E-state index contributed by atoms with van der Waals surface area (Å²) >= 11 is 0. The zero-order chi connectivity index (χ0) is 14.7. The van der Waals surface area contributed by atoms with Gasteiger partial charge in [-0.1, -0.05) is 19.3 Å². The van der Waals surface area contributed by atoms with Crippen LogP contribution >= 0.6 is 0 Å². The molecule has 0 bridgehead atoms. The minimum Gasteiger partial charge on any atom is -0.352 e. The number of hydrogen-bond donors (Lipinski definition) is 1. The quantitative estimate of drug-likeness (QED) is 0.667. The summed E-state index contributed by atoms with van der Waals surface area (Å²) in [6, 6.07) is 1.43. The molecule has 5 nitrogen and oxygen atoms in total. The molecule has 0 unspecified atom stereocenters. The molecule has 0 spiro atoms. The van der Waals surface area contributed by atoms with Crippen LogP contribution in [-0.2, 0) is 0 Å². The smallest absolute Gasteiger partial charge is 0.305 e. The van der Waals surface area contributed by atoms with Crippen molar-refractivity contribution in [3.05, 3.63) is 39.4 Å². The van der Waals surface area contributed by atoms with E-state index >= 15 is 0 Å². The normalized spacial score (nSPS) is 14.7. The van der Waals surface area contributed by atoms with Crippen molar-refractivity contribution in [3.8, 4) is 0 Å². The molecule has 0 aromatic heterocycles. The summed E-state index contributed by atoms with van der Waals surface area (Å²) in [5.41, 5.74) is -1.80. The summed E-state index contributed by atoms with van der Waals surface area (Å²) in [5.74, 6) is -2.94. The lowest BCUT2D eigenvalue weighted by atomic mass is 9.83. The Morgan fingerprint density at radius 1 is 1.40 bits per heavy atom. The van der Waals surface area contributed by atoms with Crippen molar-refractivity contribution in [1.29, 1.82) is 0 Å². The Morgan fingerprint density at radius 2 is 2.10 bits per heavy atom. The highest BCUT2D eigenvalue weighted by atomic mass is 19.1. The number of rotatable bonds is 5. The third kappa shape index (κ3) is 2.92. The van der Waals surface area contributed by atoms with Gasteiger partial charge in [0.05, 0.1) is 4.92 Å². The number of nitro benzene ring substituents is 1. The minimum absolute atomic E-state index is 0.311. The maximum absolute atomic E-state index is 13.8. The van der Waals surface area contributed by atoms with Gasteiger partial charge in [0.25, 0.3) is 5.91 Å². The third-order valence-electron chi connectivity index (χ3n) is 3.56. The number of nitrogens with zero attached hydrogens (tertiary/aromatic N) is 1. The van der Waals surface area contributed by atoms with Crippen LogP contribution in [0.1, 0.15) is 36.0 Å². The van der Waals surface area contributed by atoms with Crippen LogP contribution in [0.25, 0.3) is 0 Å². The van der Waals surface area contributed by atoms with Gasteiger partial charge in [-0.25, -0.2) is 4.39 Å².